The number of hydrogen-bond acceptors (Lipinski definition) is 4. The quantitative estimate of drug-likeness (QED) is 0.825. The average Bonchev–Trinajstić information content (AvgIpc) is 2.58. The van der Waals surface area contributed by atoms with Gasteiger partial charge in [-0.2, -0.15) is 5.10 Å². The number of ether oxygens (including phenoxy) is 1. The van der Waals surface area contributed by atoms with Gasteiger partial charge in [-0.1, -0.05) is 0 Å². The van der Waals surface area contributed by atoms with Crippen LogP contribution in [0.2, 0.25) is 0 Å². The molecule has 0 saturated carbocycles. The topological polar surface area (TPSA) is 56.3 Å². The lowest BCUT2D eigenvalue weighted by molar-refractivity contribution is -0.0758. The average molecular weight is 236 g/mol. The van der Waals surface area contributed by atoms with Gasteiger partial charge in [-0.15, -0.1) is 0 Å². The fraction of sp³-hybridized carbons (Fsp3) is 0.750. The van der Waals surface area contributed by atoms with Crippen LogP contribution in [-0.4, -0.2) is 47.0 Å². The predicted molar refractivity (Wildman–Crippen MR) is 65.8 cm³/mol. The normalized spacial score (nSPS) is 27.0. The van der Waals surface area contributed by atoms with E-state index in [1.54, 1.807) is 6.20 Å². The van der Waals surface area contributed by atoms with Crippen LogP contribution in [0, 0.1) is 6.92 Å². The van der Waals surface area contributed by atoms with E-state index < -0.39 is 0 Å². The second kappa shape index (κ2) is 4.31. The lowest BCUT2D eigenvalue weighted by Crippen LogP contribution is -2.52. The maximum absolute atomic E-state index is 5.86. The van der Waals surface area contributed by atoms with E-state index in [9.17, 15) is 0 Å². The molecule has 1 aromatic rings. The summed E-state index contributed by atoms with van der Waals surface area (Å²) in [4.78, 5) is 2.54. The number of piperidine rings is 1. The zero-order valence-corrected chi connectivity index (χ0v) is 10.3. The van der Waals surface area contributed by atoms with Gasteiger partial charge >= 0.3 is 0 Å². The summed E-state index contributed by atoms with van der Waals surface area (Å²) in [6.07, 6.45) is 4.20. The summed E-state index contributed by atoms with van der Waals surface area (Å²) < 4.78 is 7.37. The number of nitrogens with zero attached hydrogens (tertiary/aromatic N) is 3. The second-order valence-electron chi connectivity index (χ2n) is 5.11. The van der Waals surface area contributed by atoms with Crippen LogP contribution in [0.3, 0.4) is 0 Å². The molecule has 3 rings (SSSR count). The molecule has 2 saturated heterocycles. The molecule has 0 aliphatic carbocycles. The summed E-state index contributed by atoms with van der Waals surface area (Å²) in [6.45, 7) is 6.12. The molecule has 1 aromatic heterocycles. The van der Waals surface area contributed by atoms with Crippen LogP contribution in [0.5, 0.6) is 0 Å². The molecule has 2 N–H and O–H groups in total. The van der Waals surface area contributed by atoms with Crippen molar-refractivity contribution in [1.29, 1.82) is 0 Å². The van der Waals surface area contributed by atoms with Crippen molar-refractivity contribution in [3.05, 3.63) is 11.9 Å². The number of rotatable bonds is 2. The van der Waals surface area contributed by atoms with Gasteiger partial charge in [0.05, 0.1) is 42.9 Å². The number of hydrogen-bond donors (Lipinski definition) is 1. The first-order valence-corrected chi connectivity index (χ1v) is 6.37. The molecule has 3 heterocycles. The highest BCUT2D eigenvalue weighted by atomic mass is 16.5. The third-order valence-electron chi connectivity index (χ3n) is 3.99. The Hall–Kier alpha value is -1.07. The number of nitrogens with two attached hydrogens (primary N) is 1. The monoisotopic (exact) mass is 236 g/mol. The van der Waals surface area contributed by atoms with Gasteiger partial charge in [-0.25, -0.2) is 0 Å². The van der Waals surface area contributed by atoms with Crippen molar-refractivity contribution in [3.8, 4) is 0 Å². The molecule has 0 radical (unpaired) electrons. The van der Waals surface area contributed by atoms with Gasteiger partial charge in [0.1, 0.15) is 0 Å². The minimum absolute atomic E-state index is 0.474. The van der Waals surface area contributed by atoms with Gasteiger partial charge in [-0.05, 0) is 26.3 Å². The fourth-order valence-electron chi connectivity index (χ4n) is 2.75. The van der Waals surface area contributed by atoms with E-state index in [2.05, 4.69) is 14.7 Å². The van der Waals surface area contributed by atoms with Crippen molar-refractivity contribution in [1.82, 2.24) is 14.7 Å². The Morgan fingerprint density at radius 3 is 2.82 bits per heavy atom. The van der Waals surface area contributed by atoms with E-state index in [0.717, 1.165) is 31.1 Å². The third kappa shape index (κ3) is 1.93. The first-order valence-electron chi connectivity index (χ1n) is 6.37. The number of nitrogen functional groups attached to an aromatic ring is 1. The van der Waals surface area contributed by atoms with Gasteiger partial charge in [0.2, 0.25) is 0 Å². The van der Waals surface area contributed by atoms with Gasteiger partial charge in [-0.3, -0.25) is 9.58 Å². The maximum atomic E-state index is 5.86. The van der Waals surface area contributed by atoms with Crippen molar-refractivity contribution < 1.29 is 4.74 Å². The van der Waals surface area contributed by atoms with Crippen LogP contribution in [-0.2, 0) is 4.74 Å². The molecule has 5 nitrogen and oxygen atoms in total. The van der Waals surface area contributed by atoms with Crippen molar-refractivity contribution in [2.75, 3.05) is 32.0 Å². The van der Waals surface area contributed by atoms with Crippen LogP contribution in [0.15, 0.2) is 6.20 Å². The van der Waals surface area contributed by atoms with Crippen molar-refractivity contribution >= 4 is 5.69 Å². The first-order chi connectivity index (χ1) is 8.25. The molecule has 5 heteroatoms. The molecule has 0 spiro atoms. The Balaban J connectivity index is 1.72. The molecule has 94 valence electrons. The predicted octanol–water partition coefficient (Wildman–Crippen LogP) is 0.809. The van der Waals surface area contributed by atoms with E-state index >= 15 is 0 Å². The number of likely N-dealkylation sites (tertiary alicyclic amines) is 1. The van der Waals surface area contributed by atoms with Gasteiger partial charge < -0.3 is 10.5 Å². The van der Waals surface area contributed by atoms with E-state index in [4.69, 9.17) is 10.5 Å². The summed E-state index contributed by atoms with van der Waals surface area (Å²) in [5.74, 6) is 0. The molecular formula is C12H20N4O. The molecule has 0 aromatic carbocycles. The minimum atomic E-state index is 0.474. The molecule has 1 unspecified atom stereocenters. The summed E-state index contributed by atoms with van der Waals surface area (Å²) in [6, 6.07) is 1.10. The molecule has 17 heavy (non-hydrogen) atoms. The number of aromatic nitrogens is 2. The highest BCUT2D eigenvalue weighted by Crippen LogP contribution is 2.26. The van der Waals surface area contributed by atoms with Gasteiger partial charge in [0.25, 0.3) is 0 Å². The Labute approximate surface area is 102 Å². The minimum Gasteiger partial charge on any atom is -0.396 e. The molecule has 0 bridgehead atoms. The van der Waals surface area contributed by atoms with Crippen molar-refractivity contribution in [3.63, 3.8) is 0 Å². The van der Waals surface area contributed by atoms with Crippen LogP contribution in [0.25, 0.3) is 0 Å². The van der Waals surface area contributed by atoms with E-state index in [1.807, 2.05) is 6.92 Å². The Bertz CT molecular complexity index is 399. The SMILES string of the molecule is Cc1c(N)cnn1C1CCCN(C2COC2)C1. The lowest BCUT2D eigenvalue weighted by Gasteiger charge is -2.42. The van der Waals surface area contributed by atoms with Crippen molar-refractivity contribution in [2.45, 2.75) is 31.8 Å². The smallest absolute Gasteiger partial charge is 0.0730 e. The van der Waals surface area contributed by atoms with E-state index in [-0.39, 0.29) is 0 Å². The largest absolute Gasteiger partial charge is 0.396 e. The Kier molecular flexibility index (Phi) is 2.80. The first kappa shape index (κ1) is 11.0. The summed E-state index contributed by atoms with van der Waals surface area (Å²) >= 11 is 0. The van der Waals surface area contributed by atoms with Crippen molar-refractivity contribution in [2.24, 2.45) is 0 Å². The van der Waals surface area contributed by atoms with Gasteiger partial charge in [0, 0.05) is 6.54 Å². The zero-order chi connectivity index (χ0) is 11.8. The lowest BCUT2D eigenvalue weighted by atomic mass is 10.0. The zero-order valence-electron chi connectivity index (χ0n) is 10.3. The van der Waals surface area contributed by atoms with Gasteiger partial charge in [0.15, 0.2) is 0 Å². The van der Waals surface area contributed by atoms with Crippen LogP contribution < -0.4 is 5.73 Å². The molecule has 2 aliphatic heterocycles. The van der Waals surface area contributed by atoms with E-state index in [0.29, 0.717) is 12.1 Å². The summed E-state index contributed by atoms with van der Waals surface area (Å²) in [5, 5.41) is 4.41. The Morgan fingerprint density at radius 1 is 1.41 bits per heavy atom. The highest BCUT2D eigenvalue weighted by molar-refractivity contribution is 5.39. The second-order valence-corrected chi connectivity index (χ2v) is 5.11. The highest BCUT2D eigenvalue weighted by Gasteiger charge is 2.31. The third-order valence-corrected chi connectivity index (χ3v) is 3.99. The van der Waals surface area contributed by atoms with Crippen LogP contribution in [0.4, 0.5) is 5.69 Å². The van der Waals surface area contributed by atoms with E-state index in [1.165, 1.54) is 19.4 Å². The Morgan fingerprint density at radius 2 is 2.24 bits per heavy atom. The molecule has 2 aliphatic rings. The molecular weight excluding hydrogens is 216 g/mol. The molecule has 1 atom stereocenters. The number of anilines is 1. The molecule has 2 fully saturated rings. The van der Waals surface area contributed by atoms with Crippen LogP contribution >= 0.6 is 0 Å². The summed E-state index contributed by atoms with van der Waals surface area (Å²) in [7, 11) is 0. The molecule has 0 amide bonds. The standard InChI is InChI=1S/C12H20N4O/c1-9-12(13)5-14-16(9)10-3-2-4-15(6-10)11-7-17-8-11/h5,10-11H,2-4,6-8,13H2,1H3. The van der Waals surface area contributed by atoms with Crippen LogP contribution in [0.1, 0.15) is 24.6 Å². The summed E-state index contributed by atoms with van der Waals surface area (Å²) in [5.41, 5.74) is 7.76. The maximum Gasteiger partial charge on any atom is 0.0730 e. The fourth-order valence-corrected chi connectivity index (χ4v) is 2.75.